The normalized spacial score (nSPS) is 12.9. The van der Waals surface area contributed by atoms with E-state index in [4.69, 9.17) is 5.26 Å². The predicted octanol–water partition coefficient (Wildman–Crippen LogP) is 3.31. The van der Waals surface area contributed by atoms with E-state index < -0.39 is 18.6 Å². The SMILES string of the molecule is CC(CC(F)(F)F)Nc1ccc(C#N)cc1. The van der Waals surface area contributed by atoms with Gasteiger partial charge in [-0.1, -0.05) is 0 Å². The molecule has 5 heteroatoms. The third-order valence-corrected chi connectivity index (χ3v) is 1.96. The number of rotatable bonds is 3. The van der Waals surface area contributed by atoms with Crippen molar-refractivity contribution in [2.24, 2.45) is 0 Å². The van der Waals surface area contributed by atoms with Crippen molar-refractivity contribution >= 4 is 5.69 Å². The van der Waals surface area contributed by atoms with E-state index in [1.54, 1.807) is 24.3 Å². The highest BCUT2D eigenvalue weighted by Crippen LogP contribution is 2.23. The summed E-state index contributed by atoms with van der Waals surface area (Å²) in [7, 11) is 0. The van der Waals surface area contributed by atoms with Gasteiger partial charge in [-0.2, -0.15) is 18.4 Å². The van der Waals surface area contributed by atoms with Gasteiger partial charge >= 0.3 is 6.18 Å². The van der Waals surface area contributed by atoms with Crippen LogP contribution in [0, 0.1) is 11.3 Å². The third-order valence-electron chi connectivity index (χ3n) is 1.96. The molecule has 1 unspecified atom stereocenters. The fourth-order valence-corrected chi connectivity index (χ4v) is 1.32. The first-order valence-corrected chi connectivity index (χ1v) is 4.74. The van der Waals surface area contributed by atoms with Crippen molar-refractivity contribution in [3.05, 3.63) is 29.8 Å². The monoisotopic (exact) mass is 228 g/mol. The van der Waals surface area contributed by atoms with Crippen molar-refractivity contribution in [3.63, 3.8) is 0 Å². The lowest BCUT2D eigenvalue weighted by Crippen LogP contribution is -2.23. The lowest BCUT2D eigenvalue weighted by Gasteiger charge is -2.16. The number of nitrogens with one attached hydrogen (secondary N) is 1. The fourth-order valence-electron chi connectivity index (χ4n) is 1.32. The van der Waals surface area contributed by atoms with Gasteiger partial charge in [0.2, 0.25) is 0 Å². The average Bonchev–Trinajstić information content (AvgIpc) is 2.16. The van der Waals surface area contributed by atoms with Crippen molar-refractivity contribution in [1.29, 1.82) is 5.26 Å². The minimum Gasteiger partial charge on any atom is -0.382 e. The van der Waals surface area contributed by atoms with Crippen LogP contribution in [0.3, 0.4) is 0 Å². The Bertz CT molecular complexity index is 376. The van der Waals surface area contributed by atoms with Crippen LogP contribution >= 0.6 is 0 Å². The highest BCUT2D eigenvalue weighted by Gasteiger charge is 2.29. The molecule has 0 aromatic heterocycles. The van der Waals surface area contributed by atoms with Gasteiger partial charge in [-0.05, 0) is 31.2 Å². The first-order valence-electron chi connectivity index (χ1n) is 4.74. The zero-order valence-electron chi connectivity index (χ0n) is 8.67. The first kappa shape index (κ1) is 12.4. The number of alkyl halides is 3. The van der Waals surface area contributed by atoms with Gasteiger partial charge in [0.05, 0.1) is 18.1 Å². The van der Waals surface area contributed by atoms with E-state index in [1.807, 2.05) is 6.07 Å². The predicted molar refractivity (Wildman–Crippen MR) is 54.9 cm³/mol. The molecular formula is C11H11F3N2. The zero-order chi connectivity index (χ0) is 12.2. The quantitative estimate of drug-likeness (QED) is 0.861. The van der Waals surface area contributed by atoms with E-state index >= 15 is 0 Å². The van der Waals surface area contributed by atoms with Gasteiger partial charge in [0.25, 0.3) is 0 Å². The highest BCUT2D eigenvalue weighted by atomic mass is 19.4. The van der Waals surface area contributed by atoms with Crippen LogP contribution in [-0.2, 0) is 0 Å². The molecule has 0 fully saturated rings. The Morgan fingerprint density at radius 2 is 1.88 bits per heavy atom. The van der Waals surface area contributed by atoms with Gasteiger partial charge < -0.3 is 5.32 Å². The molecule has 0 aliphatic heterocycles. The average molecular weight is 228 g/mol. The van der Waals surface area contributed by atoms with Crippen LogP contribution < -0.4 is 5.32 Å². The summed E-state index contributed by atoms with van der Waals surface area (Å²) >= 11 is 0. The Hall–Kier alpha value is -1.70. The van der Waals surface area contributed by atoms with E-state index in [9.17, 15) is 13.2 Å². The maximum Gasteiger partial charge on any atom is 0.391 e. The van der Waals surface area contributed by atoms with Crippen LogP contribution in [0.5, 0.6) is 0 Å². The fraction of sp³-hybridized carbons (Fsp3) is 0.364. The molecule has 0 bridgehead atoms. The largest absolute Gasteiger partial charge is 0.391 e. The summed E-state index contributed by atoms with van der Waals surface area (Å²) in [6.45, 7) is 1.46. The Morgan fingerprint density at radius 3 is 2.31 bits per heavy atom. The molecular weight excluding hydrogens is 217 g/mol. The summed E-state index contributed by atoms with van der Waals surface area (Å²) < 4.78 is 36.1. The second kappa shape index (κ2) is 4.88. The molecule has 0 aliphatic carbocycles. The van der Waals surface area contributed by atoms with Crippen molar-refractivity contribution in [3.8, 4) is 6.07 Å². The number of hydrogen-bond acceptors (Lipinski definition) is 2. The van der Waals surface area contributed by atoms with Gasteiger partial charge in [-0.25, -0.2) is 0 Å². The van der Waals surface area contributed by atoms with Crippen molar-refractivity contribution in [2.75, 3.05) is 5.32 Å². The Kier molecular flexibility index (Phi) is 3.78. The number of nitrogens with zero attached hydrogens (tertiary/aromatic N) is 1. The van der Waals surface area contributed by atoms with Gasteiger partial charge in [-0.15, -0.1) is 0 Å². The second-order valence-corrected chi connectivity index (χ2v) is 3.55. The van der Waals surface area contributed by atoms with Crippen LogP contribution in [0.1, 0.15) is 18.9 Å². The number of hydrogen-bond donors (Lipinski definition) is 1. The molecule has 0 spiro atoms. The van der Waals surface area contributed by atoms with Crippen LogP contribution in [0.15, 0.2) is 24.3 Å². The van der Waals surface area contributed by atoms with E-state index in [0.717, 1.165) is 0 Å². The molecule has 2 nitrogen and oxygen atoms in total. The summed E-state index contributed by atoms with van der Waals surface area (Å²) in [6.07, 6.45) is -5.05. The molecule has 1 aromatic carbocycles. The second-order valence-electron chi connectivity index (χ2n) is 3.55. The molecule has 1 rings (SSSR count). The summed E-state index contributed by atoms with van der Waals surface area (Å²) in [5.74, 6) is 0. The van der Waals surface area contributed by atoms with Crippen LogP contribution in [0.4, 0.5) is 18.9 Å². The van der Waals surface area contributed by atoms with E-state index in [2.05, 4.69) is 5.32 Å². The molecule has 0 amide bonds. The van der Waals surface area contributed by atoms with Crippen LogP contribution in [0.2, 0.25) is 0 Å². The summed E-state index contributed by atoms with van der Waals surface area (Å²) in [5.41, 5.74) is 1.06. The first-order chi connectivity index (χ1) is 7.40. The zero-order valence-corrected chi connectivity index (χ0v) is 8.67. The van der Waals surface area contributed by atoms with Gasteiger partial charge in [0, 0.05) is 11.7 Å². The van der Waals surface area contributed by atoms with Gasteiger partial charge in [0.1, 0.15) is 0 Å². The number of nitriles is 1. The maximum atomic E-state index is 12.0. The van der Waals surface area contributed by atoms with E-state index in [0.29, 0.717) is 11.3 Å². The third kappa shape index (κ3) is 4.22. The highest BCUT2D eigenvalue weighted by molar-refractivity contribution is 5.47. The Labute approximate surface area is 91.7 Å². The lowest BCUT2D eigenvalue weighted by molar-refractivity contribution is -0.136. The van der Waals surface area contributed by atoms with Gasteiger partial charge in [0.15, 0.2) is 0 Å². The molecule has 1 atom stereocenters. The smallest absolute Gasteiger partial charge is 0.382 e. The summed E-state index contributed by atoms with van der Waals surface area (Å²) in [6, 6.07) is 7.54. The maximum absolute atomic E-state index is 12.0. The molecule has 16 heavy (non-hydrogen) atoms. The minimum atomic E-state index is -4.17. The number of benzene rings is 1. The standard InChI is InChI=1S/C11H11F3N2/c1-8(6-11(12,13)14)16-10-4-2-9(7-15)3-5-10/h2-5,8,16H,6H2,1H3. The number of halogens is 3. The molecule has 1 N–H and O–H groups in total. The molecule has 0 saturated carbocycles. The van der Waals surface area contributed by atoms with Crippen molar-refractivity contribution in [1.82, 2.24) is 0 Å². The topological polar surface area (TPSA) is 35.8 Å². The molecule has 86 valence electrons. The summed E-state index contributed by atoms with van der Waals surface area (Å²) in [5, 5.41) is 11.3. The molecule has 0 saturated heterocycles. The summed E-state index contributed by atoms with van der Waals surface area (Å²) in [4.78, 5) is 0. The van der Waals surface area contributed by atoms with Crippen molar-refractivity contribution < 1.29 is 13.2 Å². The molecule has 0 radical (unpaired) electrons. The van der Waals surface area contributed by atoms with E-state index in [-0.39, 0.29) is 0 Å². The van der Waals surface area contributed by atoms with Crippen LogP contribution in [0.25, 0.3) is 0 Å². The van der Waals surface area contributed by atoms with E-state index in [1.165, 1.54) is 6.92 Å². The molecule has 0 heterocycles. The van der Waals surface area contributed by atoms with Gasteiger partial charge in [-0.3, -0.25) is 0 Å². The van der Waals surface area contributed by atoms with Crippen LogP contribution in [-0.4, -0.2) is 12.2 Å². The lowest BCUT2D eigenvalue weighted by atomic mass is 10.2. The Morgan fingerprint density at radius 1 is 1.31 bits per heavy atom. The molecule has 1 aromatic rings. The minimum absolute atomic E-state index is 0.481. The number of anilines is 1. The van der Waals surface area contributed by atoms with Crippen molar-refractivity contribution in [2.45, 2.75) is 25.6 Å². The molecule has 0 aliphatic rings. The Balaban J connectivity index is 2.57.